The molecule has 0 radical (unpaired) electrons. The molecule has 2 aromatic carbocycles. The van der Waals surface area contributed by atoms with Crippen molar-refractivity contribution in [2.24, 2.45) is 5.41 Å². The lowest BCUT2D eigenvalue weighted by molar-refractivity contribution is -0.159. The number of hydroxylamine groups is 1. The quantitative estimate of drug-likeness (QED) is 0.583. The van der Waals surface area contributed by atoms with Crippen molar-refractivity contribution in [3.8, 4) is 0 Å². The monoisotopic (exact) mass is 456 g/mol. The molecule has 0 aliphatic carbocycles. The lowest BCUT2D eigenvalue weighted by atomic mass is 9.86. The van der Waals surface area contributed by atoms with Crippen LogP contribution in [-0.2, 0) is 14.4 Å². The Morgan fingerprint density at radius 1 is 1.15 bits per heavy atom. The lowest BCUT2D eigenvalue weighted by Crippen LogP contribution is -2.53. The molecule has 0 spiro atoms. The minimum atomic E-state index is -0.838. The number of hydrogen-bond acceptors (Lipinski definition) is 4. The average Bonchev–Trinajstić information content (AvgIpc) is 3.20. The fourth-order valence-corrected chi connectivity index (χ4v) is 3.82. The van der Waals surface area contributed by atoms with Crippen molar-refractivity contribution < 1.29 is 23.2 Å². The fraction of sp³-hybridized carbons (Fsp3) is 0.385. The SMILES string of the molecule is CCCC(=O)ON[C@H](C(=O)N1CC(c2cc(F)ccc2F)=C[C@H]1c1ccccc1)C(C)(C)C. The van der Waals surface area contributed by atoms with Gasteiger partial charge in [-0.2, -0.15) is 0 Å². The summed E-state index contributed by atoms with van der Waals surface area (Å²) in [5.41, 5.74) is 3.57. The molecule has 3 rings (SSSR count). The summed E-state index contributed by atoms with van der Waals surface area (Å²) in [6.45, 7) is 7.55. The number of amides is 1. The molecular formula is C26H30F2N2O3. The summed E-state index contributed by atoms with van der Waals surface area (Å²) in [6.07, 6.45) is 2.65. The summed E-state index contributed by atoms with van der Waals surface area (Å²) < 4.78 is 28.4. The Kier molecular flexibility index (Phi) is 7.64. The van der Waals surface area contributed by atoms with Crippen LogP contribution in [0.2, 0.25) is 0 Å². The number of carbonyl (C=O) groups excluding carboxylic acids is 2. The van der Waals surface area contributed by atoms with Crippen LogP contribution in [0.25, 0.3) is 5.57 Å². The third-order valence-corrected chi connectivity index (χ3v) is 5.59. The molecular weight excluding hydrogens is 426 g/mol. The first kappa shape index (κ1) is 24.6. The Bertz CT molecular complexity index is 1030. The van der Waals surface area contributed by atoms with Crippen molar-refractivity contribution in [2.75, 3.05) is 6.54 Å². The second-order valence-electron chi connectivity index (χ2n) is 9.28. The standard InChI is InChI=1S/C26H30F2N2O3/c1-5-9-23(31)33-29-24(26(2,3)4)25(32)30-16-18(20-15-19(27)12-13-21(20)28)14-22(30)17-10-7-6-8-11-17/h6-8,10-15,22,24,29H,5,9,16H2,1-4H3/t22-,24+/m0/s1. The molecule has 1 heterocycles. The van der Waals surface area contributed by atoms with E-state index in [1.54, 1.807) is 11.0 Å². The van der Waals surface area contributed by atoms with E-state index in [0.717, 1.165) is 23.8 Å². The van der Waals surface area contributed by atoms with Crippen LogP contribution in [0.3, 0.4) is 0 Å². The van der Waals surface area contributed by atoms with Crippen molar-refractivity contribution in [1.29, 1.82) is 0 Å². The number of nitrogens with zero attached hydrogens (tertiary/aromatic N) is 1. The van der Waals surface area contributed by atoms with Gasteiger partial charge in [-0.25, -0.2) is 8.78 Å². The van der Waals surface area contributed by atoms with E-state index in [-0.39, 0.29) is 24.4 Å². The highest BCUT2D eigenvalue weighted by molar-refractivity contribution is 5.87. The molecule has 0 bridgehead atoms. The molecule has 1 aliphatic rings. The van der Waals surface area contributed by atoms with E-state index in [0.29, 0.717) is 12.0 Å². The maximum absolute atomic E-state index is 14.5. The number of carbonyl (C=O) groups is 2. The summed E-state index contributed by atoms with van der Waals surface area (Å²) in [5, 5.41) is 0. The van der Waals surface area contributed by atoms with Crippen molar-refractivity contribution in [1.82, 2.24) is 10.4 Å². The van der Waals surface area contributed by atoms with E-state index in [2.05, 4.69) is 5.48 Å². The molecule has 0 fully saturated rings. The predicted octanol–water partition coefficient (Wildman–Crippen LogP) is 5.19. The van der Waals surface area contributed by atoms with Gasteiger partial charge in [-0.1, -0.05) is 64.1 Å². The normalized spacial score (nSPS) is 17.0. The highest BCUT2D eigenvalue weighted by Crippen LogP contribution is 2.37. The highest BCUT2D eigenvalue weighted by atomic mass is 19.1. The van der Waals surface area contributed by atoms with E-state index in [1.807, 2.05) is 58.0 Å². The van der Waals surface area contributed by atoms with Gasteiger partial charge in [0, 0.05) is 18.5 Å². The molecule has 0 unspecified atom stereocenters. The minimum absolute atomic E-state index is 0.0932. The van der Waals surface area contributed by atoms with Gasteiger partial charge in [0.25, 0.3) is 0 Å². The van der Waals surface area contributed by atoms with Crippen LogP contribution in [0, 0.1) is 17.0 Å². The van der Waals surface area contributed by atoms with Gasteiger partial charge in [-0.15, -0.1) is 5.48 Å². The molecule has 0 saturated heterocycles. The molecule has 5 nitrogen and oxygen atoms in total. The van der Waals surface area contributed by atoms with Gasteiger partial charge >= 0.3 is 5.97 Å². The van der Waals surface area contributed by atoms with Crippen molar-refractivity contribution in [2.45, 2.75) is 52.6 Å². The molecule has 2 aromatic rings. The molecule has 33 heavy (non-hydrogen) atoms. The Hall–Kier alpha value is -3.06. The van der Waals surface area contributed by atoms with Crippen LogP contribution in [0.4, 0.5) is 8.78 Å². The van der Waals surface area contributed by atoms with Gasteiger partial charge in [-0.05, 0) is 41.2 Å². The summed E-state index contributed by atoms with van der Waals surface area (Å²) in [7, 11) is 0. The smallest absolute Gasteiger partial charge is 0.324 e. The van der Waals surface area contributed by atoms with Gasteiger partial charge in [-0.3, -0.25) is 9.59 Å². The van der Waals surface area contributed by atoms with Crippen molar-refractivity contribution >= 4 is 17.4 Å². The fourth-order valence-electron chi connectivity index (χ4n) is 3.82. The zero-order chi connectivity index (χ0) is 24.2. The largest absolute Gasteiger partial charge is 0.370 e. The van der Waals surface area contributed by atoms with Crippen molar-refractivity contribution in [3.63, 3.8) is 0 Å². The first-order valence-corrected chi connectivity index (χ1v) is 11.1. The zero-order valence-corrected chi connectivity index (χ0v) is 19.4. The molecule has 1 N–H and O–H groups in total. The Morgan fingerprint density at radius 2 is 1.85 bits per heavy atom. The van der Waals surface area contributed by atoms with E-state index >= 15 is 0 Å². The summed E-state index contributed by atoms with van der Waals surface area (Å²) in [4.78, 5) is 32.4. The van der Waals surface area contributed by atoms with Gasteiger partial charge in [0.15, 0.2) is 0 Å². The summed E-state index contributed by atoms with van der Waals surface area (Å²) >= 11 is 0. The maximum atomic E-state index is 14.5. The number of benzene rings is 2. The minimum Gasteiger partial charge on any atom is -0.370 e. The first-order valence-electron chi connectivity index (χ1n) is 11.1. The zero-order valence-electron chi connectivity index (χ0n) is 19.4. The Labute approximate surface area is 193 Å². The number of nitrogens with one attached hydrogen (secondary N) is 1. The average molecular weight is 457 g/mol. The lowest BCUT2D eigenvalue weighted by Gasteiger charge is -2.35. The topological polar surface area (TPSA) is 58.6 Å². The molecule has 1 aliphatic heterocycles. The number of rotatable bonds is 7. The van der Waals surface area contributed by atoms with Crippen LogP contribution in [0.1, 0.15) is 57.7 Å². The first-order chi connectivity index (χ1) is 15.6. The van der Waals surface area contributed by atoms with E-state index in [1.165, 1.54) is 0 Å². The van der Waals surface area contributed by atoms with E-state index in [4.69, 9.17) is 4.84 Å². The number of hydrogen-bond donors (Lipinski definition) is 1. The molecule has 2 atom stereocenters. The van der Waals surface area contributed by atoms with Crippen LogP contribution in [0.5, 0.6) is 0 Å². The highest BCUT2D eigenvalue weighted by Gasteiger charge is 2.40. The molecule has 0 aromatic heterocycles. The molecule has 7 heteroatoms. The maximum Gasteiger partial charge on any atom is 0.324 e. The third-order valence-electron chi connectivity index (χ3n) is 5.59. The van der Waals surface area contributed by atoms with E-state index < -0.39 is 35.1 Å². The summed E-state index contributed by atoms with van der Waals surface area (Å²) in [5.74, 6) is -1.85. The van der Waals surface area contributed by atoms with Crippen LogP contribution in [-0.4, -0.2) is 29.4 Å². The van der Waals surface area contributed by atoms with Gasteiger partial charge in [0.2, 0.25) is 5.91 Å². The van der Waals surface area contributed by atoms with E-state index in [9.17, 15) is 18.4 Å². The van der Waals surface area contributed by atoms with Crippen LogP contribution >= 0.6 is 0 Å². The molecule has 1 amide bonds. The second kappa shape index (κ2) is 10.3. The number of halogens is 2. The Morgan fingerprint density at radius 3 is 2.48 bits per heavy atom. The van der Waals surface area contributed by atoms with Gasteiger partial charge in [0.05, 0.1) is 6.04 Å². The van der Waals surface area contributed by atoms with Crippen molar-refractivity contribution in [3.05, 3.63) is 77.4 Å². The van der Waals surface area contributed by atoms with Crippen LogP contribution in [0.15, 0.2) is 54.6 Å². The summed E-state index contributed by atoms with van der Waals surface area (Å²) in [6, 6.07) is 11.3. The van der Waals surface area contributed by atoms with Gasteiger partial charge < -0.3 is 9.74 Å². The molecule has 176 valence electrons. The third kappa shape index (κ3) is 5.85. The predicted molar refractivity (Wildman–Crippen MR) is 123 cm³/mol. The van der Waals surface area contributed by atoms with Gasteiger partial charge in [0.1, 0.15) is 17.7 Å². The Balaban J connectivity index is 1.95. The molecule has 0 saturated carbocycles. The van der Waals surface area contributed by atoms with Crippen LogP contribution < -0.4 is 5.48 Å². The second-order valence-corrected chi connectivity index (χ2v) is 9.28.